The second-order valence-electron chi connectivity index (χ2n) is 14.5. The van der Waals surface area contributed by atoms with Crippen molar-refractivity contribution in [2.45, 2.75) is 113 Å². The van der Waals surface area contributed by atoms with Crippen molar-refractivity contribution in [3.8, 4) is 0 Å². The molecule has 1 aliphatic carbocycles. The minimum Gasteiger partial charge on any atom is -0.429 e. The van der Waals surface area contributed by atoms with Crippen molar-refractivity contribution in [1.29, 1.82) is 0 Å². The van der Waals surface area contributed by atoms with Crippen LogP contribution in [0.4, 0.5) is 9.18 Å². The third-order valence-corrected chi connectivity index (χ3v) is 12.2. The van der Waals surface area contributed by atoms with Gasteiger partial charge < -0.3 is 18.6 Å². The Labute approximate surface area is 298 Å². The van der Waals surface area contributed by atoms with Gasteiger partial charge in [0.2, 0.25) is 5.28 Å². The number of benzene rings is 2. The predicted molar refractivity (Wildman–Crippen MR) is 191 cm³/mol. The number of carbonyl (C=O) groups is 1. The van der Waals surface area contributed by atoms with Crippen molar-refractivity contribution in [2.75, 3.05) is 6.61 Å². The van der Waals surface area contributed by atoms with E-state index >= 15 is 4.39 Å². The number of halogens is 2. The van der Waals surface area contributed by atoms with Crippen LogP contribution in [0.5, 0.6) is 0 Å². The van der Waals surface area contributed by atoms with E-state index in [4.69, 9.17) is 30.2 Å². The van der Waals surface area contributed by atoms with Crippen LogP contribution in [0.1, 0.15) is 79.0 Å². The topological polar surface area (TPSA) is 97.6 Å². The fourth-order valence-corrected chi connectivity index (χ4v) is 9.54. The molecular formula is C36H43ClFN4O5SSi. The molecule has 4 aromatic rings. The first kappa shape index (κ1) is 35.8. The Balaban J connectivity index is 1.30. The van der Waals surface area contributed by atoms with Crippen molar-refractivity contribution in [1.82, 2.24) is 19.5 Å². The van der Waals surface area contributed by atoms with E-state index in [1.807, 2.05) is 30.3 Å². The molecule has 261 valence electrons. The standard InChI is InChI=1S/C36H43ClFN4O5SSi/c1-35(2,3)22-16-18-25(19-17-22)49(24-14-8-7-9-15-24)44-20-26-29(46-34(43)47-36(4,5)6)27(38)32(45-26)42-21-39-28-30(42)40-33(37)41-31(28)48-23-12-10-11-13-23/h7-9,14-19,21,23,26-27,29,32H,10-13,20H2,1-6H3/t26-,27+,29-,32-/m1/s1. The molecule has 1 aliphatic heterocycles. The molecule has 3 heterocycles. The number of hydrogen-bond donors (Lipinski definition) is 0. The quantitative estimate of drug-likeness (QED) is 0.0769. The fourth-order valence-electron chi connectivity index (χ4n) is 6.09. The molecule has 49 heavy (non-hydrogen) atoms. The number of rotatable bonds is 9. The average molecular weight is 726 g/mol. The summed E-state index contributed by atoms with van der Waals surface area (Å²) >= 11 is 8.02. The van der Waals surface area contributed by atoms with Crippen molar-refractivity contribution in [3.05, 3.63) is 71.8 Å². The predicted octanol–water partition coefficient (Wildman–Crippen LogP) is 7.19. The number of fused-ring (bicyclic) bond motifs is 1. The number of ether oxygens (including phenoxy) is 3. The molecule has 9 nitrogen and oxygen atoms in total. The van der Waals surface area contributed by atoms with Gasteiger partial charge in [-0.3, -0.25) is 4.57 Å². The molecule has 4 atom stereocenters. The SMILES string of the molecule is CC(C)(C)OC(=O)O[C@H]1[C@H](F)[C@H](n2cnc3c(SC4CCCC4)nc(Cl)nc32)O[C@@H]1CO[Si](c1ccccc1)c1ccc(C(C)(C)C)cc1. The summed E-state index contributed by atoms with van der Waals surface area (Å²) in [5, 5.41) is 3.15. The largest absolute Gasteiger partial charge is 0.509 e. The number of thioether (sulfide) groups is 1. The summed E-state index contributed by atoms with van der Waals surface area (Å²) in [5.41, 5.74) is 1.24. The van der Waals surface area contributed by atoms with E-state index in [2.05, 4.69) is 60.0 Å². The van der Waals surface area contributed by atoms with Gasteiger partial charge in [-0.25, -0.2) is 19.2 Å². The number of imidazole rings is 1. The summed E-state index contributed by atoms with van der Waals surface area (Å²) in [6, 6.07) is 18.4. The molecule has 13 heteroatoms. The van der Waals surface area contributed by atoms with E-state index in [0.717, 1.165) is 23.2 Å². The lowest BCUT2D eigenvalue weighted by Gasteiger charge is -2.25. The fraction of sp³-hybridized carbons (Fsp3) is 0.500. The van der Waals surface area contributed by atoms with Gasteiger partial charge in [-0.05, 0) is 66.6 Å². The molecule has 6 rings (SSSR count). The van der Waals surface area contributed by atoms with Crippen LogP contribution in [0.25, 0.3) is 11.2 Å². The molecule has 1 saturated carbocycles. The van der Waals surface area contributed by atoms with E-state index < -0.39 is 45.4 Å². The highest BCUT2D eigenvalue weighted by Gasteiger charge is 2.50. The number of carbonyl (C=O) groups excluding carboxylic acids is 1. The Kier molecular flexibility index (Phi) is 10.7. The molecule has 1 radical (unpaired) electrons. The van der Waals surface area contributed by atoms with Crippen molar-refractivity contribution in [2.24, 2.45) is 0 Å². The van der Waals surface area contributed by atoms with Crippen LogP contribution >= 0.6 is 23.4 Å². The van der Waals surface area contributed by atoms with Gasteiger partial charge in [0.25, 0.3) is 9.04 Å². The third-order valence-electron chi connectivity index (χ3n) is 8.55. The molecular weight excluding hydrogens is 683 g/mol. The Hall–Kier alpha value is -3.03. The molecule has 2 aromatic heterocycles. The average Bonchev–Trinajstić information content (AvgIpc) is 3.77. The van der Waals surface area contributed by atoms with Gasteiger partial charge in [0.1, 0.15) is 22.2 Å². The van der Waals surface area contributed by atoms with Crippen LogP contribution in [0.2, 0.25) is 5.28 Å². The summed E-state index contributed by atoms with van der Waals surface area (Å²) in [7, 11) is -1.81. The van der Waals surface area contributed by atoms with E-state index in [9.17, 15) is 4.79 Å². The van der Waals surface area contributed by atoms with Gasteiger partial charge in [-0.1, -0.05) is 88.2 Å². The first-order chi connectivity index (χ1) is 23.3. The van der Waals surface area contributed by atoms with Gasteiger partial charge in [0.05, 0.1) is 12.9 Å². The van der Waals surface area contributed by atoms with Crippen molar-refractivity contribution >= 4 is 60.1 Å². The monoisotopic (exact) mass is 725 g/mol. The number of hydrogen-bond acceptors (Lipinski definition) is 9. The minimum absolute atomic E-state index is 0.00328. The lowest BCUT2D eigenvalue weighted by atomic mass is 9.87. The summed E-state index contributed by atoms with van der Waals surface area (Å²) in [4.78, 5) is 26.3. The summed E-state index contributed by atoms with van der Waals surface area (Å²) in [5.74, 6) is 0. The summed E-state index contributed by atoms with van der Waals surface area (Å²) < 4.78 is 42.2. The van der Waals surface area contributed by atoms with E-state index in [-0.39, 0.29) is 17.3 Å². The second kappa shape index (κ2) is 14.7. The van der Waals surface area contributed by atoms with Crippen LogP contribution in [-0.2, 0) is 24.1 Å². The van der Waals surface area contributed by atoms with E-state index in [1.165, 1.54) is 29.3 Å². The van der Waals surface area contributed by atoms with Crippen LogP contribution in [0.15, 0.2) is 66.0 Å². The molecule has 2 fully saturated rings. The molecule has 1 saturated heterocycles. The molecule has 2 aromatic carbocycles. The highest BCUT2D eigenvalue weighted by molar-refractivity contribution is 8.00. The van der Waals surface area contributed by atoms with E-state index in [1.54, 1.807) is 32.5 Å². The van der Waals surface area contributed by atoms with E-state index in [0.29, 0.717) is 21.4 Å². The van der Waals surface area contributed by atoms with Gasteiger partial charge in [-0.2, -0.15) is 4.98 Å². The molecule has 0 spiro atoms. The Morgan fingerprint density at radius 2 is 1.69 bits per heavy atom. The number of alkyl halides is 1. The minimum atomic E-state index is -1.81. The van der Waals surface area contributed by atoms with Crippen LogP contribution in [0.3, 0.4) is 0 Å². The van der Waals surface area contributed by atoms with Crippen molar-refractivity contribution in [3.63, 3.8) is 0 Å². The first-order valence-corrected chi connectivity index (χ1v) is 19.4. The second-order valence-corrected chi connectivity index (χ2v) is 18.3. The maximum atomic E-state index is 16.6. The molecule has 0 amide bonds. The number of aromatic nitrogens is 4. The molecule has 0 unspecified atom stereocenters. The highest BCUT2D eigenvalue weighted by Crippen LogP contribution is 2.40. The molecule has 0 bridgehead atoms. The Morgan fingerprint density at radius 1 is 1.02 bits per heavy atom. The van der Waals surface area contributed by atoms with Crippen LogP contribution in [0, 0.1) is 0 Å². The van der Waals surface area contributed by atoms with Crippen LogP contribution < -0.4 is 10.4 Å². The Morgan fingerprint density at radius 3 is 2.35 bits per heavy atom. The molecule has 0 N–H and O–H groups in total. The van der Waals surface area contributed by atoms with Crippen molar-refractivity contribution < 1.29 is 27.8 Å². The smallest absolute Gasteiger partial charge is 0.429 e. The first-order valence-electron chi connectivity index (χ1n) is 16.7. The maximum Gasteiger partial charge on any atom is 0.509 e. The van der Waals surface area contributed by atoms with Crippen LogP contribution in [-0.4, -0.2) is 70.6 Å². The highest BCUT2D eigenvalue weighted by atomic mass is 35.5. The third kappa shape index (κ3) is 8.48. The van der Waals surface area contributed by atoms with Gasteiger partial charge in [0.15, 0.2) is 24.2 Å². The zero-order valence-electron chi connectivity index (χ0n) is 28.7. The zero-order chi connectivity index (χ0) is 34.9. The number of nitrogens with zero attached hydrogens (tertiary/aromatic N) is 4. The Bertz CT molecular complexity index is 1740. The van der Waals surface area contributed by atoms with Gasteiger partial charge >= 0.3 is 6.16 Å². The summed E-state index contributed by atoms with van der Waals surface area (Å²) in [6.07, 6.45) is -0.298. The lowest BCUT2D eigenvalue weighted by molar-refractivity contribution is -0.0653. The normalized spacial score (nSPS) is 21.9. The molecule has 2 aliphatic rings. The lowest BCUT2D eigenvalue weighted by Crippen LogP contribution is -2.48. The zero-order valence-corrected chi connectivity index (χ0v) is 31.3. The summed E-state index contributed by atoms with van der Waals surface area (Å²) in [6.45, 7) is 11.6. The maximum absolute atomic E-state index is 16.6. The van der Waals surface area contributed by atoms with Gasteiger partial charge in [0, 0.05) is 5.25 Å². The van der Waals surface area contributed by atoms with Gasteiger partial charge in [-0.15, -0.1) is 11.8 Å².